The van der Waals surface area contributed by atoms with Gasteiger partial charge in [-0.2, -0.15) is 0 Å². The van der Waals surface area contributed by atoms with Crippen LogP contribution in [0.5, 0.6) is 0 Å². The Balaban J connectivity index is 1.78. The summed E-state index contributed by atoms with van der Waals surface area (Å²) in [7, 11) is -0.771. The number of nitrogens with zero attached hydrogens (tertiary/aromatic N) is 2. The third-order valence-electron chi connectivity index (χ3n) is 4.62. The highest BCUT2D eigenvalue weighted by molar-refractivity contribution is 6.48. The van der Waals surface area contributed by atoms with Crippen LogP contribution in [0.3, 0.4) is 0 Å². The van der Waals surface area contributed by atoms with Crippen molar-refractivity contribution in [2.75, 3.05) is 13.2 Å². The van der Waals surface area contributed by atoms with E-state index in [0.29, 0.717) is 12.8 Å². The summed E-state index contributed by atoms with van der Waals surface area (Å²) in [4.78, 5) is 4.71. The van der Waals surface area contributed by atoms with Gasteiger partial charge >= 0.3 is 0 Å². The molecule has 0 bridgehead atoms. The van der Waals surface area contributed by atoms with Crippen molar-refractivity contribution in [3.8, 4) is 0 Å². The molecule has 0 saturated carbocycles. The fraction of sp³-hybridized carbons (Fsp3) is 0.619. The smallest absolute Gasteiger partial charge is 0.207 e. The molecule has 2 unspecified atom stereocenters. The van der Waals surface area contributed by atoms with Crippen molar-refractivity contribution in [1.82, 2.24) is 9.80 Å². The minimum Gasteiger partial charge on any atom is -0.397 e. The van der Waals surface area contributed by atoms with Crippen molar-refractivity contribution in [1.29, 1.82) is 0 Å². The lowest BCUT2D eigenvalue weighted by molar-refractivity contribution is -0.0588. The molecule has 2 atom stereocenters. The van der Waals surface area contributed by atoms with E-state index in [1.807, 2.05) is 24.3 Å². The maximum atomic E-state index is 6.33. The minimum absolute atomic E-state index is 0.0641. The highest BCUT2D eigenvalue weighted by atomic mass is 35.5. The standard InChI is InChI=1S/C21H34ClN2O2Si/c1-17-23(12-9-15-25-16-18-10-7-8-11-19(18)22)13-14-24(17)20(21(2,3)4)26-27(5)6/h7-8,10-11,13-14,17,20H,9,12,15-16H2,1-6H3. The molecule has 0 aliphatic carbocycles. The molecule has 6 heteroatoms. The van der Waals surface area contributed by atoms with Gasteiger partial charge < -0.3 is 19.0 Å². The van der Waals surface area contributed by atoms with Crippen LogP contribution in [0.25, 0.3) is 0 Å². The molecule has 1 radical (unpaired) electrons. The van der Waals surface area contributed by atoms with Crippen molar-refractivity contribution >= 4 is 20.6 Å². The molecule has 0 N–H and O–H groups in total. The molecule has 0 amide bonds. The van der Waals surface area contributed by atoms with Gasteiger partial charge in [0, 0.05) is 36.0 Å². The number of rotatable bonds is 9. The molecule has 4 nitrogen and oxygen atoms in total. The second-order valence-electron chi connectivity index (χ2n) is 8.36. The van der Waals surface area contributed by atoms with Gasteiger partial charge in [0.15, 0.2) is 0 Å². The Morgan fingerprint density at radius 2 is 1.89 bits per heavy atom. The summed E-state index contributed by atoms with van der Waals surface area (Å²) in [6, 6.07) is 7.84. The van der Waals surface area contributed by atoms with Crippen LogP contribution in [0.1, 0.15) is 39.7 Å². The Bertz CT molecular complexity index is 618. The molecular weight excluding hydrogens is 376 g/mol. The number of hydrogen-bond acceptors (Lipinski definition) is 4. The fourth-order valence-electron chi connectivity index (χ4n) is 3.17. The molecule has 1 aromatic rings. The number of ether oxygens (including phenoxy) is 1. The zero-order valence-electron chi connectivity index (χ0n) is 17.5. The molecule has 1 aliphatic rings. The normalized spacial score (nSPS) is 18.6. The lowest BCUT2D eigenvalue weighted by Gasteiger charge is -2.43. The average Bonchev–Trinajstić information content (AvgIpc) is 2.93. The highest BCUT2D eigenvalue weighted by Gasteiger charge is 2.36. The van der Waals surface area contributed by atoms with E-state index in [2.05, 4.69) is 63.0 Å². The average molecular weight is 410 g/mol. The van der Waals surface area contributed by atoms with Gasteiger partial charge in [0.05, 0.1) is 6.61 Å². The quantitative estimate of drug-likeness (QED) is 0.407. The van der Waals surface area contributed by atoms with Crippen LogP contribution >= 0.6 is 11.6 Å². The van der Waals surface area contributed by atoms with Crippen LogP contribution in [0.15, 0.2) is 36.7 Å². The third kappa shape index (κ3) is 6.52. The molecule has 1 aromatic carbocycles. The number of benzene rings is 1. The van der Waals surface area contributed by atoms with E-state index in [4.69, 9.17) is 20.8 Å². The number of hydrogen-bond donors (Lipinski definition) is 0. The van der Waals surface area contributed by atoms with Gasteiger partial charge in [-0.25, -0.2) is 0 Å². The molecule has 151 valence electrons. The van der Waals surface area contributed by atoms with E-state index in [9.17, 15) is 0 Å². The number of halogens is 1. The van der Waals surface area contributed by atoms with E-state index in [1.54, 1.807) is 0 Å². The largest absolute Gasteiger partial charge is 0.397 e. The van der Waals surface area contributed by atoms with Gasteiger partial charge in [0.1, 0.15) is 12.4 Å². The van der Waals surface area contributed by atoms with Crippen LogP contribution < -0.4 is 0 Å². The first-order chi connectivity index (χ1) is 12.7. The lowest BCUT2D eigenvalue weighted by atomic mass is 9.93. The van der Waals surface area contributed by atoms with Gasteiger partial charge in [-0.05, 0) is 38.1 Å². The van der Waals surface area contributed by atoms with E-state index in [0.717, 1.165) is 30.2 Å². The van der Waals surface area contributed by atoms with Crippen molar-refractivity contribution in [2.45, 2.75) is 66.2 Å². The first-order valence-electron chi connectivity index (χ1n) is 9.69. The Hall–Kier alpha value is -1.01. The van der Waals surface area contributed by atoms with Crippen molar-refractivity contribution in [3.63, 3.8) is 0 Å². The van der Waals surface area contributed by atoms with E-state index < -0.39 is 9.04 Å². The molecule has 0 fully saturated rings. The zero-order valence-corrected chi connectivity index (χ0v) is 19.3. The molecule has 2 rings (SSSR count). The Morgan fingerprint density at radius 3 is 2.52 bits per heavy atom. The van der Waals surface area contributed by atoms with Gasteiger partial charge in [0.2, 0.25) is 9.04 Å². The first-order valence-corrected chi connectivity index (χ1v) is 12.5. The van der Waals surface area contributed by atoms with Gasteiger partial charge in [-0.15, -0.1) is 0 Å². The van der Waals surface area contributed by atoms with Crippen LogP contribution in [-0.4, -0.2) is 44.4 Å². The SMILES string of the molecule is CC1N(CCCOCc2ccccc2Cl)C=CN1C(O[Si](C)C)C(C)(C)C. The van der Waals surface area contributed by atoms with Gasteiger partial charge in [-0.1, -0.05) is 50.6 Å². The van der Waals surface area contributed by atoms with E-state index in [-0.39, 0.29) is 11.6 Å². The minimum atomic E-state index is -0.771. The Labute approximate surface area is 171 Å². The zero-order chi connectivity index (χ0) is 20.0. The van der Waals surface area contributed by atoms with Gasteiger partial charge in [-0.3, -0.25) is 0 Å². The second kappa shape index (κ2) is 9.96. The summed E-state index contributed by atoms with van der Waals surface area (Å²) < 4.78 is 12.1. The van der Waals surface area contributed by atoms with Crippen LogP contribution in [0, 0.1) is 5.41 Å². The molecule has 1 aliphatic heterocycles. The van der Waals surface area contributed by atoms with Crippen molar-refractivity contribution < 1.29 is 9.16 Å². The Kier molecular flexibility index (Phi) is 8.22. The summed E-state index contributed by atoms with van der Waals surface area (Å²) in [5.41, 5.74) is 1.11. The van der Waals surface area contributed by atoms with Crippen molar-refractivity contribution in [2.24, 2.45) is 5.41 Å². The van der Waals surface area contributed by atoms with Crippen LogP contribution in [0.4, 0.5) is 0 Å². The maximum Gasteiger partial charge on any atom is 0.207 e. The van der Waals surface area contributed by atoms with E-state index >= 15 is 0 Å². The van der Waals surface area contributed by atoms with E-state index in [1.165, 1.54) is 0 Å². The Morgan fingerprint density at radius 1 is 1.19 bits per heavy atom. The molecule has 1 heterocycles. The second-order valence-corrected chi connectivity index (χ2v) is 10.8. The monoisotopic (exact) mass is 409 g/mol. The molecule has 0 spiro atoms. The lowest BCUT2D eigenvalue weighted by Crippen LogP contribution is -2.50. The molecule has 27 heavy (non-hydrogen) atoms. The topological polar surface area (TPSA) is 24.9 Å². The first kappa shape index (κ1) is 22.3. The fourth-order valence-corrected chi connectivity index (χ4v) is 4.29. The summed E-state index contributed by atoms with van der Waals surface area (Å²) >= 11 is 6.17. The summed E-state index contributed by atoms with van der Waals surface area (Å²) in [5, 5.41) is 0.769. The van der Waals surface area contributed by atoms with Crippen LogP contribution in [-0.2, 0) is 15.8 Å². The summed E-state index contributed by atoms with van der Waals surface area (Å²) in [6.07, 6.45) is 5.72. The summed E-state index contributed by atoms with van der Waals surface area (Å²) in [6.45, 7) is 15.6. The maximum absolute atomic E-state index is 6.33. The summed E-state index contributed by atoms with van der Waals surface area (Å²) in [5.74, 6) is 0. The molecular formula is C21H34ClN2O2Si. The predicted molar refractivity (Wildman–Crippen MR) is 115 cm³/mol. The molecule has 0 saturated heterocycles. The predicted octanol–water partition coefficient (Wildman–Crippen LogP) is 5.32. The third-order valence-corrected chi connectivity index (χ3v) is 5.68. The van der Waals surface area contributed by atoms with Gasteiger partial charge in [0.25, 0.3) is 0 Å². The highest BCUT2D eigenvalue weighted by Crippen LogP contribution is 2.31. The van der Waals surface area contributed by atoms with Crippen molar-refractivity contribution in [3.05, 3.63) is 47.3 Å². The molecule has 0 aromatic heterocycles. The van der Waals surface area contributed by atoms with Crippen LogP contribution in [0.2, 0.25) is 18.1 Å².